The van der Waals surface area contributed by atoms with Gasteiger partial charge in [0, 0.05) is 49.6 Å². The van der Waals surface area contributed by atoms with Gasteiger partial charge in [0.25, 0.3) is 5.91 Å². The summed E-state index contributed by atoms with van der Waals surface area (Å²) < 4.78 is 5.26. The third kappa shape index (κ3) is 4.57. The number of aromatic nitrogens is 1. The number of nitrogens with zero attached hydrogens (tertiary/aromatic N) is 2. The molecule has 0 radical (unpaired) electrons. The highest BCUT2D eigenvalue weighted by atomic mass is 16.5. The predicted octanol–water partition coefficient (Wildman–Crippen LogP) is 3.82. The average Bonchev–Trinajstić information content (AvgIpc) is 2.97. The van der Waals surface area contributed by atoms with E-state index in [-0.39, 0.29) is 5.91 Å². The van der Waals surface area contributed by atoms with E-state index in [2.05, 4.69) is 9.88 Å². The smallest absolute Gasteiger partial charge is 0.270 e. The Morgan fingerprint density at radius 1 is 1.00 bits per heavy atom. The fourth-order valence-corrected chi connectivity index (χ4v) is 4.56. The van der Waals surface area contributed by atoms with Gasteiger partial charge in [0.1, 0.15) is 11.4 Å². The van der Waals surface area contributed by atoms with Crippen LogP contribution in [0.4, 0.5) is 0 Å². The zero-order chi connectivity index (χ0) is 20.2. The fraction of sp³-hybridized carbons (Fsp3) is 0.565. The van der Waals surface area contributed by atoms with Gasteiger partial charge in [0.2, 0.25) is 5.91 Å². The van der Waals surface area contributed by atoms with Crippen molar-refractivity contribution in [2.45, 2.75) is 44.9 Å². The summed E-state index contributed by atoms with van der Waals surface area (Å²) in [6.45, 7) is 3.27. The van der Waals surface area contributed by atoms with Gasteiger partial charge >= 0.3 is 0 Å². The molecule has 1 aromatic carbocycles. The molecule has 0 unspecified atom stereocenters. The van der Waals surface area contributed by atoms with Crippen LogP contribution in [0.2, 0.25) is 0 Å². The van der Waals surface area contributed by atoms with Gasteiger partial charge in [0.05, 0.1) is 7.11 Å². The molecule has 0 atom stereocenters. The van der Waals surface area contributed by atoms with E-state index in [1.807, 2.05) is 29.2 Å². The second kappa shape index (κ2) is 8.89. The maximum atomic E-state index is 12.9. The summed E-state index contributed by atoms with van der Waals surface area (Å²) in [5.41, 5.74) is 1.53. The second-order valence-corrected chi connectivity index (χ2v) is 8.37. The quantitative estimate of drug-likeness (QED) is 0.853. The number of aromatic amines is 1. The molecule has 0 saturated carbocycles. The van der Waals surface area contributed by atoms with Crippen LogP contribution in [-0.4, -0.2) is 59.9 Å². The molecule has 3 heterocycles. The maximum absolute atomic E-state index is 12.9. The molecule has 156 valence electrons. The van der Waals surface area contributed by atoms with E-state index >= 15 is 0 Å². The summed E-state index contributed by atoms with van der Waals surface area (Å²) in [5.74, 6) is 1.51. The number of H-pyrrole nitrogens is 1. The van der Waals surface area contributed by atoms with E-state index in [0.29, 0.717) is 23.9 Å². The minimum Gasteiger partial charge on any atom is -0.497 e. The number of fused-ring (bicyclic) bond motifs is 1. The maximum Gasteiger partial charge on any atom is 0.270 e. The number of likely N-dealkylation sites (tertiary alicyclic amines) is 2. The Morgan fingerprint density at radius 2 is 1.72 bits per heavy atom. The molecule has 0 bridgehead atoms. The number of benzene rings is 1. The number of methoxy groups -OCH3 is 1. The predicted molar refractivity (Wildman–Crippen MR) is 113 cm³/mol. The average molecular weight is 398 g/mol. The highest BCUT2D eigenvalue weighted by Gasteiger charge is 2.27. The Labute approximate surface area is 172 Å². The molecule has 6 heteroatoms. The number of rotatable bonds is 4. The summed E-state index contributed by atoms with van der Waals surface area (Å²) in [5, 5.41) is 1.01. The lowest BCUT2D eigenvalue weighted by atomic mass is 9.92. The number of nitrogens with one attached hydrogen (secondary N) is 1. The largest absolute Gasteiger partial charge is 0.497 e. The summed E-state index contributed by atoms with van der Waals surface area (Å²) in [7, 11) is 1.64. The van der Waals surface area contributed by atoms with Gasteiger partial charge in [0.15, 0.2) is 0 Å². The van der Waals surface area contributed by atoms with Gasteiger partial charge in [-0.2, -0.15) is 0 Å². The van der Waals surface area contributed by atoms with Crippen molar-refractivity contribution in [2.75, 3.05) is 33.3 Å². The van der Waals surface area contributed by atoms with E-state index in [0.717, 1.165) is 68.5 Å². The third-order valence-corrected chi connectivity index (χ3v) is 6.38. The molecule has 2 saturated heterocycles. The van der Waals surface area contributed by atoms with Gasteiger partial charge in [-0.15, -0.1) is 0 Å². The third-order valence-electron chi connectivity index (χ3n) is 6.38. The molecule has 1 N–H and O–H groups in total. The van der Waals surface area contributed by atoms with Crippen LogP contribution in [0.1, 0.15) is 55.4 Å². The minimum atomic E-state index is 0.0393. The van der Waals surface area contributed by atoms with E-state index in [9.17, 15) is 9.59 Å². The molecule has 2 amide bonds. The Hall–Kier alpha value is -2.50. The zero-order valence-corrected chi connectivity index (χ0v) is 17.3. The van der Waals surface area contributed by atoms with E-state index in [1.165, 1.54) is 12.8 Å². The normalized spacial score (nSPS) is 18.7. The first-order valence-electron chi connectivity index (χ1n) is 10.9. The van der Waals surface area contributed by atoms with Crippen LogP contribution in [-0.2, 0) is 4.79 Å². The molecule has 2 aliphatic heterocycles. The van der Waals surface area contributed by atoms with Crippen molar-refractivity contribution in [3.8, 4) is 5.75 Å². The molecular formula is C23H31N3O3. The van der Waals surface area contributed by atoms with Gasteiger partial charge in [-0.3, -0.25) is 9.59 Å². The summed E-state index contributed by atoms with van der Waals surface area (Å²) in [6, 6.07) is 7.68. The van der Waals surface area contributed by atoms with E-state index < -0.39 is 0 Å². The lowest BCUT2D eigenvalue weighted by Gasteiger charge is -2.32. The Bertz CT molecular complexity index is 859. The number of amides is 2. The van der Waals surface area contributed by atoms with Crippen LogP contribution in [0.25, 0.3) is 10.9 Å². The van der Waals surface area contributed by atoms with Crippen molar-refractivity contribution in [1.82, 2.24) is 14.8 Å². The molecule has 29 heavy (non-hydrogen) atoms. The molecule has 0 aliphatic carbocycles. The zero-order valence-electron chi connectivity index (χ0n) is 17.3. The number of carbonyl (C=O) groups is 2. The van der Waals surface area contributed by atoms with Gasteiger partial charge in [-0.05, 0) is 49.8 Å². The van der Waals surface area contributed by atoms with E-state index in [1.54, 1.807) is 7.11 Å². The van der Waals surface area contributed by atoms with Crippen molar-refractivity contribution in [2.24, 2.45) is 5.92 Å². The van der Waals surface area contributed by atoms with Gasteiger partial charge in [-0.25, -0.2) is 0 Å². The summed E-state index contributed by atoms with van der Waals surface area (Å²) >= 11 is 0. The second-order valence-electron chi connectivity index (χ2n) is 8.37. The Morgan fingerprint density at radius 3 is 2.41 bits per heavy atom. The molecule has 1 aromatic heterocycles. The van der Waals surface area contributed by atoms with Crippen molar-refractivity contribution >= 4 is 22.7 Å². The standard InChI is InChI=1S/C23H31N3O3/c1-29-19-7-6-18-15-21(24-20(18)16-19)23(28)26-12-8-17(9-13-26)14-22(27)25-10-4-2-3-5-11-25/h6-7,15-17,24H,2-5,8-14H2,1H3. The first-order valence-corrected chi connectivity index (χ1v) is 10.9. The van der Waals surface area contributed by atoms with Crippen LogP contribution in [0.3, 0.4) is 0 Å². The lowest BCUT2D eigenvalue weighted by Crippen LogP contribution is -2.40. The molecule has 0 spiro atoms. The highest BCUT2D eigenvalue weighted by Crippen LogP contribution is 2.25. The van der Waals surface area contributed by atoms with Gasteiger partial charge in [-0.1, -0.05) is 12.8 Å². The van der Waals surface area contributed by atoms with Crippen LogP contribution in [0.5, 0.6) is 5.75 Å². The van der Waals surface area contributed by atoms with E-state index in [4.69, 9.17) is 4.74 Å². The number of hydrogen-bond acceptors (Lipinski definition) is 3. The molecule has 2 aromatic rings. The molecule has 2 fully saturated rings. The number of ether oxygens (including phenoxy) is 1. The number of piperidine rings is 1. The summed E-state index contributed by atoms with van der Waals surface area (Å²) in [6.07, 6.45) is 7.19. The topological polar surface area (TPSA) is 65.6 Å². The lowest BCUT2D eigenvalue weighted by molar-refractivity contribution is -0.132. The molecule has 2 aliphatic rings. The summed E-state index contributed by atoms with van der Waals surface area (Å²) in [4.78, 5) is 32.8. The first-order chi connectivity index (χ1) is 14.1. The van der Waals surface area contributed by atoms with Crippen molar-refractivity contribution in [1.29, 1.82) is 0 Å². The minimum absolute atomic E-state index is 0.0393. The Balaban J connectivity index is 1.32. The van der Waals surface area contributed by atoms with Crippen molar-refractivity contribution in [3.63, 3.8) is 0 Å². The fourth-order valence-electron chi connectivity index (χ4n) is 4.56. The van der Waals surface area contributed by atoms with Crippen molar-refractivity contribution in [3.05, 3.63) is 30.0 Å². The van der Waals surface area contributed by atoms with Crippen LogP contribution in [0, 0.1) is 5.92 Å². The monoisotopic (exact) mass is 397 g/mol. The Kier molecular flexibility index (Phi) is 6.07. The number of carbonyl (C=O) groups excluding carboxylic acids is 2. The van der Waals surface area contributed by atoms with Crippen molar-refractivity contribution < 1.29 is 14.3 Å². The van der Waals surface area contributed by atoms with Gasteiger partial charge < -0.3 is 19.5 Å². The number of hydrogen-bond donors (Lipinski definition) is 1. The molecular weight excluding hydrogens is 366 g/mol. The molecule has 6 nitrogen and oxygen atoms in total. The SMILES string of the molecule is COc1ccc2cc(C(=O)N3CCC(CC(=O)N4CCCCCC4)CC3)[nH]c2c1. The first kappa shape index (κ1) is 19.8. The van der Waals surface area contributed by atoms with Crippen LogP contribution < -0.4 is 4.74 Å². The van der Waals surface area contributed by atoms with Crippen LogP contribution >= 0.6 is 0 Å². The highest BCUT2D eigenvalue weighted by molar-refractivity contribution is 5.98. The molecule has 4 rings (SSSR count). The van der Waals surface area contributed by atoms with Crippen LogP contribution in [0.15, 0.2) is 24.3 Å².